The number of hydrogen-bond donors (Lipinski definition) is 0. The molecule has 0 radical (unpaired) electrons. The number of nitrogens with zero attached hydrogens (tertiary/aromatic N) is 2. The molecule has 0 saturated carbocycles. The molecule has 0 spiro atoms. The zero-order chi connectivity index (χ0) is 16.2. The van der Waals surface area contributed by atoms with Crippen LogP contribution in [0.1, 0.15) is 24.5 Å². The zero-order valence-electron chi connectivity index (χ0n) is 13.5. The third-order valence-electron chi connectivity index (χ3n) is 3.72. The summed E-state index contributed by atoms with van der Waals surface area (Å²) in [6, 6.07) is 16.0. The summed E-state index contributed by atoms with van der Waals surface area (Å²) in [6.45, 7) is 4.87. The van der Waals surface area contributed by atoms with Crippen molar-refractivity contribution in [2.24, 2.45) is 0 Å². The van der Waals surface area contributed by atoms with Gasteiger partial charge in [0.15, 0.2) is 5.16 Å². The first-order valence-corrected chi connectivity index (χ1v) is 8.85. The molecule has 1 heterocycles. The first-order chi connectivity index (χ1) is 11.2. The minimum absolute atomic E-state index is 0.0594. The van der Waals surface area contributed by atoms with E-state index < -0.39 is 0 Å². The van der Waals surface area contributed by atoms with Crippen LogP contribution >= 0.6 is 11.8 Å². The molecule has 0 bridgehead atoms. The van der Waals surface area contributed by atoms with Gasteiger partial charge in [-0.2, -0.15) is 0 Å². The molecule has 23 heavy (non-hydrogen) atoms. The molecule has 1 aromatic heterocycles. The van der Waals surface area contributed by atoms with E-state index in [9.17, 15) is 4.79 Å². The summed E-state index contributed by atoms with van der Waals surface area (Å²) in [4.78, 5) is 17.4. The summed E-state index contributed by atoms with van der Waals surface area (Å²) in [7, 11) is 0. The average molecular weight is 324 g/mol. The van der Waals surface area contributed by atoms with Crippen LogP contribution in [0.25, 0.3) is 10.9 Å². The second-order valence-electron chi connectivity index (χ2n) is 5.65. The average Bonchev–Trinajstić information content (AvgIpc) is 2.56. The lowest BCUT2D eigenvalue weighted by Gasteiger charge is -2.12. The van der Waals surface area contributed by atoms with Crippen molar-refractivity contribution in [3.8, 4) is 0 Å². The van der Waals surface area contributed by atoms with Crippen LogP contribution in [0.2, 0.25) is 0 Å². The van der Waals surface area contributed by atoms with Crippen LogP contribution in [-0.4, -0.2) is 9.55 Å². The molecular formula is C19H20N2OS. The van der Waals surface area contributed by atoms with E-state index in [2.05, 4.69) is 38.1 Å². The number of thioether (sulfide) groups is 1. The predicted octanol–water partition coefficient (Wildman–Crippen LogP) is 4.41. The second kappa shape index (κ2) is 7.01. The van der Waals surface area contributed by atoms with Gasteiger partial charge < -0.3 is 0 Å². The number of hydrogen-bond acceptors (Lipinski definition) is 3. The molecule has 2 aromatic carbocycles. The smallest absolute Gasteiger partial charge is 0.262 e. The molecule has 0 aliphatic carbocycles. The maximum atomic E-state index is 12.7. The van der Waals surface area contributed by atoms with Gasteiger partial charge >= 0.3 is 0 Å². The van der Waals surface area contributed by atoms with Gasteiger partial charge in [-0.25, -0.2) is 4.98 Å². The van der Waals surface area contributed by atoms with E-state index in [1.54, 1.807) is 11.8 Å². The first-order valence-electron chi connectivity index (χ1n) is 7.87. The predicted molar refractivity (Wildman–Crippen MR) is 97.0 cm³/mol. The molecule has 0 N–H and O–H groups in total. The van der Waals surface area contributed by atoms with Gasteiger partial charge in [-0.15, -0.1) is 0 Å². The van der Waals surface area contributed by atoms with Crippen molar-refractivity contribution in [2.45, 2.75) is 37.7 Å². The molecule has 0 atom stereocenters. The maximum absolute atomic E-state index is 12.7. The molecule has 0 aliphatic heterocycles. The van der Waals surface area contributed by atoms with Gasteiger partial charge in [0.2, 0.25) is 0 Å². The molecule has 3 rings (SSSR count). The van der Waals surface area contributed by atoms with Crippen molar-refractivity contribution in [3.05, 3.63) is 70.0 Å². The van der Waals surface area contributed by atoms with E-state index in [-0.39, 0.29) is 5.56 Å². The highest BCUT2D eigenvalue weighted by atomic mass is 32.2. The van der Waals surface area contributed by atoms with Crippen LogP contribution < -0.4 is 5.56 Å². The molecule has 0 amide bonds. The lowest BCUT2D eigenvalue weighted by Crippen LogP contribution is -2.23. The van der Waals surface area contributed by atoms with Crippen LogP contribution in [0.3, 0.4) is 0 Å². The van der Waals surface area contributed by atoms with Gasteiger partial charge in [0.25, 0.3) is 5.56 Å². The van der Waals surface area contributed by atoms with Gasteiger partial charge in [0.1, 0.15) is 0 Å². The van der Waals surface area contributed by atoms with Gasteiger partial charge in [-0.1, -0.05) is 60.6 Å². The lowest BCUT2D eigenvalue weighted by molar-refractivity contribution is 0.585. The Kier molecular flexibility index (Phi) is 4.82. The number of aromatic nitrogens is 2. The van der Waals surface area contributed by atoms with Crippen LogP contribution in [-0.2, 0) is 12.3 Å². The Balaban J connectivity index is 1.98. The Morgan fingerprint density at radius 1 is 1.13 bits per heavy atom. The van der Waals surface area contributed by atoms with Crippen molar-refractivity contribution in [2.75, 3.05) is 0 Å². The van der Waals surface area contributed by atoms with Gasteiger partial charge in [-0.05, 0) is 31.0 Å². The molecule has 118 valence electrons. The van der Waals surface area contributed by atoms with Crippen molar-refractivity contribution in [3.63, 3.8) is 0 Å². The van der Waals surface area contributed by atoms with Crippen LogP contribution in [0, 0.1) is 6.92 Å². The fourth-order valence-corrected chi connectivity index (χ4v) is 3.60. The van der Waals surface area contributed by atoms with E-state index in [4.69, 9.17) is 4.98 Å². The Bertz CT molecular complexity index is 886. The summed E-state index contributed by atoms with van der Waals surface area (Å²) >= 11 is 1.63. The topological polar surface area (TPSA) is 34.9 Å². The molecule has 3 nitrogen and oxygen atoms in total. The molecule has 4 heteroatoms. The summed E-state index contributed by atoms with van der Waals surface area (Å²) in [5.74, 6) is 0.816. The Morgan fingerprint density at radius 2 is 1.96 bits per heavy atom. The van der Waals surface area contributed by atoms with Gasteiger partial charge in [0.05, 0.1) is 10.9 Å². The number of benzene rings is 2. The first kappa shape index (κ1) is 15.8. The SMILES string of the molecule is CCCn1c(SCc2cccc(C)c2)nc2ccccc2c1=O. The molecular weight excluding hydrogens is 304 g/mol. The Hall–Kier alpha value is -2.07. The third kappa shape index (κ3) is 3.48. The van der Waals surface area contributed by atoms with Crippen molar-refractivity contribution in [1.82, 2.24) is 9.55 Å². The number of rotatable bonds is 5. The largest absolute Gasteiger partial charge is 0.287 e. The van der Waals surface area contributed by atoms with Gasteiger partial charge in [0, 0.05) is 12.3 Å². The van der Waals surface area contributed by atoms with Crippen LogP contribution in [0.15, 0.2) is 58.5 Å². The number of aryl methyl sites for hydroxylation is 1. The van der Waals surface area contributed by atoms with E-state index in [0.29, 0.717) is 11.9 Å². The highest BCUT2D eigenvalue weighted by Gasteiger charge is 2.11. The number of fused-ring (bicyclic) bond motifs is 1. The van der Waals surface area contributed by atoms with Gasteiger partial charge in [-0.3, -0.25) is 9.36 Å². The molecule has 0 fully saturated rings. The van der Waals surface area contributed by atoms with Crippen molar-refractivity contribution < 1.29 is 0 Å². The summed E-state index contributed by atoms with van der Waals surface area (Å²) < 4.78 is 1.81. The summed E-state index contributed by atoms with van der Waals surface area (Å²) in [6.07, 6.45) is 0.915. The van der Waals surface area contributed by atoms with E-state index in [1.807, 2.05) is 28.8 Å². The Morgan fingerprint density at radius 3 is 2.74 bits per heavy atom. The van der Waals surface area contributed by atoms with E-state index in [0.717, 1.165) is 22.8 Å². The van der Waals surface area contributed by atoms with Crippen molar-refractivity contribution >= 4 is 22.7 Å². The third-order valence-corrected chi connectivity index (χ3v) is 4.77. The minimum Gasteiger partial charge on any atom is -0.287 e. The fraction of sp³-hybridized carbons (Fsp3) is 0.263. The van der Waals surface area contributed by atoms with E-state index in [1.165, 1.54) is 11.1 Å². The zero-order valence-corrected chi connectivity index (χ0v) is 14.3. The molecule has 0 saturated heterocycles. The van der Waals surface area contributed by atoms with Crippen LogP contribution in [0.4, 0.5) is 0 Å². The number of para-hydroxylation sites is 1. The molecule has 0 aliphatic rings. The highest BCUT2D eigenvalue weighted by Crippen LogP contribution is 2.22. The summed E-state index contributed by atoms with van der Waals surface area (Å²) in [5.41, 5.74) is 3.33. The lowest BCUT2D eigenvalue weighted by atomic mass is 10.2. The quantitative estimate of drug-likeness (QED) is 0.515. The Labute approximate surface area is 140 Å². The highest BCUT2D eigenvalue weighted by molar-refractivity contribution is 7.98. The molecule has 3 aromatic rings. The summed E-state index contributed by atoms with van der Waals surface area (Å²) in [5, 5.41) is 1.50. The standard InChI is InChI=1S/C19H20N2OS/c1-3-11-21-18(22)16-9-4-5-10-17(16)20-19(21)23-13-15-8-6-7-14(2)12-15/h4-10,12H,3,11,13H2,1-2H3. The fourth-order valence-electron chi connectivity index (χ4n) is 2.63. The monoisotopic (exact) mass is 324 g/mol. The van der Waals surface area contributed by atoms with Crippen LogP contribution in [0.5, 0.6) is 0 Å². The second-order valence-corrected chi connectivity index (χ2v) is 6.59. The maximum Gasteiger partial charge on any atom is 0.262 e. The van der Waals surface area contributed by atoms with Crippen molar-refractivity contribution in [1.29, 1.82) is 0 Å². The normalized spacial score (nSPS) is 11.0. The molecule has 0 unspecified atom stereocenters. The minimum atomic E-state index is 0.0594. The van der Waals surface area contributed by atoms with E-state index >= 15 is 0 Å².